The predicted octanol–water partition coefficient (Wildman–Crippen LogP) is 4.84. The standard InChI is InChI=1S/C25H23N5O4S2/c1-3-33-17-8-6-16(7-9-17)29-23(32)21-15(2)28-24(18(13-26)22(21)19-5-4-11-34-19)36-14-20(31)30-25-27-10-12-35-25/h4-12,22,28H,3,14H2,1-2H3,(H,29,32)(H,27,30,31)/t22-/m0/s1. The van der Waals surface area contributed by atoms with Gasteiger partial charge in [0.15, 0.2) is 5.13 Å². The van der Waals surface area contributed by atoms with Gasteiger partial charge in [-0.05, 0) is 50.2 Å². The van der Waals surface area contributed by atoms with Gasteiger partial charge in [0.1, 0.15) is 11.5 Å². The third kappa shape index (κ3) is 5.79. The summed E-state index contributed by atoms with van der Waals surface area (Å²) in [5.41, 5.74) is 1.79. The lowest BCUT2D eigenvalue weighted by atomic mass is 9.85. The van der Waals surface area contributed by atoms with Gasteiger partial charge in [0.05, 0.1) is 46.8 Å². The SMILES string of the molecule is CCOc1ccc(NC(=O)C2=C(C)NC(SCC(=O)Nc3nccs3)=C(C#N)[C@H]2c2ccco2)cc1. The Hall–Kier alpha value is -4.01. The van der Waals surface area contributed by atoms with E-state index in [0.717, 1.165) is 0 Å². The summed E-state index contributed by atoms with van der Waals surface area (Å²) in [6, 6.07) is 12.7. The molecule has 0 spiro atoms. The summed E-state index contributed by atoms with van der Waals surface area (Å²) in [5, 5.41) is 21.6. The molecule has 4 rings (SSSR count). The van der Waals surface area contributed by atoms with Gasteiger partial charge in [-0.15, -0.1) is 11.3 Å². The molecule has 3 N–H and O–H groups in total. The molecule has 0 saturated carbocycles. The van der Waals surface area contributed by atoms with Crippen molar-refractivity contribution in [3.63, 3.8) is 0 Å². The molecule has 0 bridgehead atoms. The van der Waals surface area contributed by atoms with E-state index >= 15 is 0 Å². The largest absolute Gasteiger partial charge is 0.494 e. The monoisotopic (exact) mass is 521 g/mol. The van der Waals surface area contributed by atoms with Gasteiger partial charge in [0.2, 0.25) is 5.91 Å². The molecule has 1 aliphatic rings. The van der Waals surface area contributed by atoms with Gasteiger partial charge in [-0.25, -0.2) is 4.98 Å². The first-order chi connectivity index (χ1) is 17.5. The molecule has 11 heteroatoms. The summed E-state index contributed by atoms with van der Waals surface area (Å²) in [4.78, 5) is 29.8. The number of aromatic nitrogens is 1. The zero-order valence-electron chi connectivity index (χ0n) is 19.5. The fourth-order valence-corrected chi connectivity index (χ4v) is 5.08. The maximum absolute atomic E-state index is 13.4. The van der Waals surface area contributed by atoms with Crippen LogP contribution in [0.1, 0.15) is 25.5 Å². The Kier molecular flexibility index (Phi) is 8.10. The highest BCUT2D eigenvalue weighted by molar-refractivity contribution is 8.03. The number of nitrogens with zero attached hydrogens (tertiary/aromatic N) is 2. The number of rotatable bonds is 9. The number of benzene rings is 1. The molecule has 3 heterocycles. The van der Waals surface area contributed by atoms with Crippen LogP contribution in [0.3, 0.4) is 0 Å². The number of furan rings is 1. The van der Waals surface area contributed by atoms with E-state index in [1.807, 2.05) is 6.92 Å². The van der Waals surface area contributed by atoms with Gasteiger partial charge >= 0.3 is 0 Å². The number of allylic oxidation sites excluding steroid dienone is 2. The fraction of sp³-hybridized carbons (Fsp3) is 0.200. The van der Waals surface area contributed by atoms with Crippen LogP contribution in [0.4, 0.5) is 10.8 Å². The van der Waals surface area contributed by atoms with Crippen LogP contribution in [0.15, 0.2) is 80.5 Å². The number of hydrogen-bond donors (Lipinski definition) is 3. The molecule has 0 aliphatic carbocycles. The number of carbonyl (C=O) groups excluding carboxylic acids is 2. The first-order valence-corrected chi connectivity index (χ1v) is 12.9. The predicted molar refractivity (Wildman–Crippen MR) is 139 cm³/mol. The Balaban J connectivity index is 1.57. The number of ether oxygens (including phenoxy) is 1. The van der Waals surface area contributed by atoms with Gasteiger partial charge < -0.3 is 25.1 Å². The molecule has 36 heavy (non-hydrogen) atoms. The van der Waals surface area contributed by atoms with Crippen LogP contribution < -0.4 is 20.7 Å². The summed E-state index contributed by atoms with van der Waals surface area (Å²) < 4.78 is 11.1. The van der Waals surface area contributed by atoms with Crippen LogP contribution in [0.2, 0.25) is 0 Å². The maximum Gasteiger partial charge on any atom is 0.254 e. The average molecular weight is 522 g/mol. The lowest BCUT2D eigenvalue weighted by Gasteiger charge is -2.28. The molecule has 9 nitrogen and oxygen atoms in total. The Bertz CT molecular complexity index is 1320. The first-order valence-electron chi connectivity index (χ1n) is 11.0. The normalized spacial score (nSPS) is 15.2. The molecule has 0 saturated heterocycles. The summed E-state index contributed by atoms with van der Waals surface area (Å²) in [6.07, 6.45) is 3.10. The second kappa shape index (κ2) is 11.6. The fourth-order valence-electron chi connectivity index (χ4n) is 3.65. The Morgan fingerprint density at radius 3 is 2.72 bits per heavy atom. The van der Waals surface area contributed by atoms with E-state index in [0.29, 0.717) is 50.8 Å². The smallest absolute Gasteiger partial charge is 0.254 e. The van der Waals surface area contributed by atoms with Crippen molar-refractivity contribution in [2.24, 2.45) is 0 Å². The van der Waals surface area contributed by atoms with Gasteiger partial charge in [0.25, 0.3) is 5.91 Å². The van der Waals surface area contributed by atoms with Crippen molar-refractivity contribution in [3.05, 3.63) is 81.9 Å². The molecule has 1 aliphatic heterocycles. The second-order valence-corrected chi connectivity index (χ2v) is 9.43. The average Bonchev–Trinajstić information content (AvgIpc) is 3.58. The summed E-state index contributed by atoms with van der Waals surface area (Å²) in [7, 11) is 0. The Morgan fingerprint density at radius 1 is 1.28 bits per heavy atom. The van der Waals surface area contributed by atoms with Crippen LogP contribution in [-0.4, -0.2) is 29.2 Å². The number of anilines is 2. The minimum atomic E-state index is -0.738. The van der Waals surface area contributed by atoms with E-state index in [1.165, 1.54) is 29.4 Å². The highest BCUT2D eigenvalue weighted by atomic mass is 32.2. The van der Waals surface area contributed by atoms with Gasteiger partial charge in [-0.2, -0.15) is 5.26 Å². The van der Waals surface area contributed by atoms with E-state index in [4.69, 9.17) is 9.15 Å². The molecule has 0 radical (unpaired) electrons. The minimum Gasteiger partial charge on any atom is -0.494 e. The molecule has 1 atom stereocenters. The van der Waals surface area contributed by atoms with Crippen molar-refractivity contribution >= 4 is 45.7 Å². The van der Waals surface area contributed by atoms with Crippen LogP contribution in [0, 0.1) is 11.3 Å². The third-order valence-electron chi connectivity index (χ3n) is 5.17. The second-order valence-electron chi connectivity index (χ2n) is 7.55. The number of dihydropyridines is 1. The number of nitrogens with one attached hydrogen (secondary N) is 3. The van der Waals surface area contributed by atoms with Crippen molar-refractivity contribution < 1.29 is 18.7 Å². The van der Waals surface area contributed by atoms with Crippen molar-refractivity contribution in [1.82, 2.24) is 10.3 Å². The highest BCUT2D eigenvalue weighted by Crippen LogP contribution is 2.41. The van der Waals surface area contributed by atoms with Gasteiger partial charge in [-0.3, -0.25) is 9.59 Å². The minimum absolute atomic E-state index is 0.0545. The van der Waals surface area contributed by atoms with Crippen LogP contribution in [0.5, 0.6) is 5.75 Å². The lowest BCUT2D eigenvalue weighted by molar-refractivity contribution is -0.114. The molecule has 0 fully saturated rings. The summed E-state index contributed by atoms with van der Waals surface area (Å²) in [6.45, 7) is 4.20. The summed E-state index contributed by atoms with van der Waals surface area (Å²) in [5.74, 6) is -0.151. The number of carbonyl (C=O) groups is 2. The number of nitriles is 1. The van der Waals surface area contributed by atoms with E-state index in [2.05, 4.69) is 27.0 Å². The zero-order chi connectivity index (χ0) is 25.5. The van der Waals surface area contributed by atoms with E-state index in [9.17, 15) is 14.9 Å². The van der Waals surface area contributed by atoms with Crippen LogP contribution >= 0.6 is 23.1 Å². The molecule has 1 aromatic carbocycles. The van der Waals surface area contributed by atoms with Crippen molar-refractivity contribution in [1.29, 1.82) is 5.26 Å². The molecule has 0 unspecified atom stereocenters. The van der Waals surface area contributed by atoms with E-state index in [1.54, 1.807) is 54.9 Å². The van der Waals surface area contributed by atoms with E-state index < -0.39 is 5.92 Å². The highest BCUT2D eigenvalue weighted by Gasteiger charge is 2.36. The topological polar surface area (TPSA) is 129 Å². The van der Waals surface area contributed by atoms with Gasteiger partial charge in [-0.1, -0.05) is 11.8 Å². The molecular weight excluding hydrogens is 498 g/mol. The maximum atomic E-state index is 13.4. The summed E-state index contributed by atoms with van der Waals surface area (Å²) >= 11 is 2.50. The molecular formula is C25H23N5O4S2. The first kappa shape index (κ1) is 25.1. The Labute approximate surface area is 216 Å². The number of amides is 2. The zero-order valence-corrected chi connectivity index (χ0v) is 21.2. The lowest BCUT2D eigenvalue weighted by Crippen LogP contribution is -2.31. The van der Waals surface area contributed by atoms with Crippen molar-refractivity contribution in [3.8, 4) is 11.8 Å². The number of thioether (sulfide) groups is 1. The van der Waals surface area contributed by atoms with Crippen LogP contribution in [-0.2, 0) is 9.59 Å². The molecule has 3 aromatic rings. The van der Waals surface area contributed by atoms with Crippen molar-refractivity contribution in [2.45, 2.75) is 19.8 Å². The van der Waals surface area contributed by atoms with Gasteiger partial charge in [0, 0.05) is 23.0 Å². The third-order valence-corrected chi connectivity index (χ3v) is 6.87. The van der Waals surface area contributed by atoms with E-state index in [-0.39, 0.29) is 17.6 Å². The quantitative estimate of drug-likeness (QED) is 0.365. The molecule has 2 amide bonds. The number of hydrogen-bond acceptors (Lipinski definition) is 9. The molecule has 2 aromatic heterocycles. The van der Waals surface area contributed by atoms with Crippen LogP contribution in [0.25, 0.3) is 0 Å². The van der Waals surface area contributed by atoms with Crippen molar-refractivity contribution in [2.75, 3.05) is 23.0 Å². The Morgan fingerprint density at radius 2 is 2.08 bits per heavy atom. The number of thiazole rings is 1. The molecule has 184 valence electrons.